The smallest absolute Gasteiger partial charge is 0.143 e. The number of ether oxygens (including phenoxy) is 3. The van der Waals surface area contributed by atoms with Crippen molar-refractivity contribution in [1.29, 1.82) is 5.26 Å². The van der Waals surface area contributed by atoms with E-state index in [9.17, 15) is 5.26 Å². The van der Waals surface area contributed by atoms with Gasteiger partial charge < -0.3 is 28.9 Å². The van der Waals surface area contributed by atoms with Crippen LogP contribution in [0.15, 0.2) is 21.6 Å². The molecule has 3 rings (SSSR count). The Balaban J connectivity index is 2.00. The lowest BCUT2D eigenvalue weighted by molar-refractivity contribution is 0.00766. The van der Waals surface area contributed by atoms with E-state index in [4.69, 9.17) is 37.4 Å². The summed E-state index contributed by atoms with van der Waals surface area (Å²) < 4.78 is 16.4. The van der Waals surface area contributed by atoms with Gasteiger partial charge >= 0.3 is 0 Å². The van der Waals surface area contributed by atoms with E-state index < -0.39 is 0 Å². The van der Waals surface area contributed by atoms with Crippen LogP contribution in [0.25, 0.3) is 0 Å². The van der Waals surface area contributed by atoms with Crippen molar-refractivity contribution >= 4 is 23.2 Å². The van der Waals surface area contributed by atoms with Gasteiger partial charge in [0.1, 0.15) is 22.0 Å². The summed E-state index contributed by atoms with van der Waals surface area (Å²) in [5, 5.41) is 10.1. The average molecular weight is 403 g/mol. The average Bonchev–Trinajstić information content (AvgIpc) is 2.71. The van der Waals surface area contributed by atoms with Gasteiger partial charge in [-0.25, -0.2) is 0 Å². The molecule has 26 heavy (non-hydrogen) atoms. The van der Waals surface area contributed by atoms with Gasteiger partial charge in [-0.2, -0.15) is 5.26 Å². The fourth-order valence-electron chi connectivity index (χ4n) is 3.35. The van der Waals surface area contributed by atoms with Crippen LogP contribution in [0.5, 0.6) is 0 Å². The van der Waals surface area contributed by atoms with Crippen molar-refractivity contribution in [2.45, 2.75) is 0 Å². The molecule has 0 aromatic carbocycles. The highest BCUT2D eigenvalue weighted by Crippen LogP contribution is 2.32. The summed E-state index contributed by atoms with van der Waals surface area (Å²) in [5.74, 6) is 0.910. The molecular formula is C17H24Cl2N4O3. The molecule has 3 heterocycles. The Kier molecular flexibility index (Phi) is 7.29. The Bertz CT molecular complexity index is 567. The zero-order valence-electron chi connectivity index (χ0n) is 14.8. The van der Waals surface area contributed by atoms with Crippen molar-refractivity contribution in [3.63, 3.8) is 0 Å². The predicted octanol–water partition coefficient (Wildman–Crippen LogP) is 1.36. The molecule has 0 N–H and O–H groups in total. The molecule has 9 heteroatoms. The van der Waals surface area contributed by atoms with Crippen LogP contribution in [-0.4, -0.2) is 93.6 Å². The van der Waals surface area contributed by atoms with Crippen LogP contribution in [0.1, 0.15) is 0 Å². The highest BCUT2D eigenvalue weighted by Gasteiger charge is 2.29. The third kappa shape index (κ3) is 4.56. The van der Waals surface area contributed by atoms with Crippen LogP contribution in [0.3, 0.4) is 0 Å². The molecule has 0 radical (unpaired) electrons. The van der Waals surface area contributed by atoms with Crippen molar-refractivity contribution in [2.24, 2.45) is 0 Å². The van der Waals surface area contributed by atoms with Crippen molar-refractivity contribution < 1.29 is 14.2 Å². The molecule has 3 aliphatic rings. The van der Waals surface area contributed by atoms with Crippen molar-refractivity contribution in [3.05, 3.63) is 21.6 Å². The maximum absolute atomic E-state index is 9.44. The van der Waals surface area contributed by atoms with E-state index in [2.05, 4.69) is 15.9 Å². The lowest BCUT2D eigenvalue weighted by Gasteiger charge is -2.41. The topological polar surface area (TPSA) is 61.2 Å². The number of morpholine rings is 3. The van der Waals surface area contributed by atoms with Gasteiger partial charge in [0, 0.05) is 39.3 Å². The Morgan fingerprint density at radius 1 is 0.692 bits per heavy atom. The van der Waals surface area contributed by atoms with E-state index in [1.807, 2.05) is 4.90 Å². The standard InChI is InChI=1S/C17H24Cl2N4O3/c18-14(13-20)16(21-1-7-24-8-2-21)15(19)17(22-3-9-25-10-4-22)23-5-11-26-12-6-23/h1-12H2/b16-14-. The van der Waals surface area contributed by atoms with Crippen molar-refractivity contribution in [1.82, 2.24) is 14.7 Å². The Labute approximate surface area is 164 Å². The summed E-state index contributed by atoms with van der Waals surface area (Å²) in [6.07, 6.45) is 0. The second-order valence-corrected chi connectivity index (χ2v) is 6.97. The van der Waals surface area contributed by atoms with Crippen LogP contribution in [0, 0.1) is 11.3 Å². The van der Waals surface area contributed by atoms with Gasteiger partial charge in [0.2, 0.25) is 0 Å². The lowest BCUT2D eigenvalue weighted by Crippen LogP contribution is -2.47. The van der Waals surface area contributed by atoms with E-state index in [-0.39, 0.29) is 5.03 Å². The normalized spacial score (nSPS) is 22.6. The van der Waals surface area contributed by atoms with E-state index in [1.165, 1.54) is 0 Å². The minimum absolute atomic E-state index is 0.107. The summed E-state index contributed by atoms with van der Waals surface area (Å²) in [5.41, 5.74) is 0.590. The van der Waals surface area contributed by atoms with Gasteiger partial charge in [0.25, 0.3) is 0 Å². The molecule has 0 aromatic heterocycles. The summed E-state index contributed by atoms with van der Waals surface area (Å²) >= 11 is 13.2. The summed E-state index contributed by atoms with van der Waals surface area (Å²) in [6.45, 7) is 8.12. The largest absolute Gasteiger partial charge is 0.378 e. The highest BCUT2D eigenvalue weighted by molar-refractivity contribution is 6.36. The molecule has 0 aromatic rings. The number of halogens is 2. The summed E-state index contributed by atoms with van der Waals surface area (Å²) in [4.78, 5) is 6.48. The first-order valence-electron chi connectivity index (χ1n) is 8.90. The molecule has 0 bridgehead atoms. The van der Waals surface area contributed by atoms with E-state index in [1.54, 1.807) is 0 Å². The monoisotopic (exact) mass is 402 g/mol. The molecule has 144 valence electrons. The Morgan fingerprint density at radius 3 is 1.46 bits per heavy atom. The predicted molar refractivity (Wildman–Crippen MR) is 98.5 cm³/mol. The number of nitrogens with zero attached hydrogens (tertiary/aromatic N) is 4. The van der Waals surface area contributed by atoms with E-state index in [0.717, 1.165) is 32.0 Å². The fraction of sp³-hybridized carbons (Fsp3) is 0.706. The van der Waals surface area contributed by atoms with Crippen LogP contribution in [0.4, 0.5) is 0 Å². The second-order valence-electron chi connectivity index (χ2n) is 6.21. The van der Waals surface area contributed by atoms with Gasteiger partial charge in [-0.3, -0.25) is 0 Å². The lowest BCUT2D eigenvalue weighted by atomic mass is 10.2. The number of rotatable bonds is 4. The molecule has 3 aliphatic heterocycles. The SMILES string of the molecule is N#C/C(Cl)=C(\C(Cl)=C(N1CCOCC1)N1CCOCC1)N1CCOCC1. The molecule has 7 nitrogen and oxygen atoms in total. The van der Waals surface area contributed by atoms with Gasteiger partial charge in [-0.1, -0.05) is 23.2 Å². The first kappa shape index (κ1) is 19.6. The van der Waals surface area contributed by atoms with Crippen LogP contribution < -0.4 is 0 Å². The maximum Gasteiger partial charge on any atom is 0.143 e. The molecule has 0 saturated carbocycles. The zero-order chi connectivity index (χ0) is 18.4. The van der Waals surface area contributed by atoms with Crippen molar-refractivity contribution in [3.8, 4) is 6.07 Å². The Morgan fingerprint density at radius 2 is 1.08 bits per heavy atom. The minimum atomic E-state index is 0.107. The highest BCUT2D eigenvalue weighted by atomic mass is 35.5. The number of hydrogen-bond donors (Lipinski definition) is 0. The number of nitriles is 1. The minimum Gasteiger partial charge on any atom is -0.378 e. The molecule has 3 saturated heterocycles. The molecule has 3 fully saturated rings. The van der Waals surface area contributed by atoms with Crippen LogP contribution in [0.2, 0.25) is 0 Å². The molecule has 0 aliphatic carbocycles. The first-order valence-corrected chi connectivity index (χ1v) is 9.66. The number of hydrogen-bond acceptors (Lipinski definition) is 7. The summed E-state index contributed by atoms with van der Waals surface area (Å²) in [7, 11) is 0. The first-order chi connectivity index (χ1) is 12.7. The maximum atomic E-state index is 9.44. The van der Waals surface area contributed by atoms with Gasteiger partial charge in [0.15, 0.2) is 0 Å². The van der Waals surface area contributed by atoms with Crippen LogP contribution >= 0.6 is 23.2 Å². The van der Waals surface area contributed by atoms with E-state index in [0.29, 0.717) is 63.5 Å². The van der Waals surface area contributed by atoms with Gasteiger partial charge in [0.05, 0.1) is 45.3 Å². The summed E-state index contributed by atoms with van der Waals surface area (Å²) in [6, 6.07) is 2.06. The molecule has 0 amide bonds. The van der Waals surface area contributed by atoms with Crippen LogP contribution in [-0.2, 0) is 14.2 Å². The van der Waals surface area contributed by atoms with E-state index >= 15 is 0 Å². The van der Waals surface area contributed by atoms with Gasteiger partial charge in [-0.05, 0) is 0 Å². The molecule has 0 spiro atoms. The third-order valence-electron chi connectivity index (χ3n) is 4.66. The second kappa shape index (κ2) is 9.67. The fourth-order valence-corrected chi connectivity index (χ4v) is 4.06. The Hall–Kier alpha value is -1.17. The molecule has 0 unspecified atom stereocenters. The third-order valence-corrected chi connectivity index (χ3v) is 5.27. The quantitative estimate of drug-likeness (QED) is 0.519. The molecule has 0 atom stereocenters. The van der Waals surface area contributed by atoms with Crippen molar-refractivity contribution in [2.75, 3.05) is 78.9 Å². The zero-order valence-corrected chi connectivity index (χ0v) is 16.3. The van der Waals surface area contributed by atoms with Gasteiger partial charge in [-0.15, -0.1) is 0 Å². The molecular weight excluding hydrogens is 379 g/mol. The number of allylic oxidation sites excluding steroid dienone is 2.